The molecule has 4 heteroatoms. The summed E-state index contributed by atoms with van der Waals surface area (Å²) >= 11 is 3.07. The maximum Gasteiger partial charge on any atom is 0.189 e. The van der Waals surface area contributed by atoms with Crippen molar-refractivity contribution in [1.29, 1.82) is 0 Å². The van der Waals surface area contributed by atoms with Crippen LogP contribution in [0.2, 0.25) is 0 Å². The predicted octanol–water partition coefficient (Wildman–Crippen LogP) is 2.92. The molecule has 78 valence electrons. The van der Waals surface area contributed by atoms with Crippen LogP contribution in [0.25, 0.3) is 10.9 Å². The van der Waals surface area contributed by atoms with Gasteiger partial charge in [-0.05, 0) is 35.0 Å². The Morgan fingerprint density at radius 2 is 2.20 bits per heavy atom. The SMILES string of the molecule is CCn1ccc(=O)c2cc(Br)c(F)cc21. The molecule has 15 heavy (non-hydrogen) atoms. The van der Waals surface area contributed by atoms with Gasteiger partial charge in [0.2, 0.25) is 0 Å². The average molecular weight is 270 g/mol. The Morgan fingerprint density at radius 1 is 1.47 bits per heavy atom. The van der Waals surface area contributed by atoms with E-state index in [0.717, 1.165) is 0 Å². The van der Waals surface area contributed by atoms with Crippen molar-refractivity contribution in [2.45, 2.75) is 13.5 Å². The largest absolute Gasteiger partial charge is 0.347 e. The van der Waals surface area contributed by atoms with E-state index in [1.165, 1.54) is 18.2 Å². The van der Waals surface area contributed by atoms with Crippen molar-refractivity contribution < 1.29 is 4.39 Å². The topological polar surface area (TPSA) is 22.0 Å². The first kappa shape index (κ1) is 10.4. The highest BCUT2D eigenvalue weighted by atomic mass is 79.9. The molecule has 0 spiro atoms. The van der Waals surface area contributed by atoms with E-state index in [1.54, 1.807) is 6.20 Å². The molecule has 0 atom stereocenters. The predicted molar refractivity (Wildman–Crippen MR) is 61.5 cm³/mol. The lowest BCUT2D eigenvalue weighted by Gasteiger charge is -2.08. The smallest absolute Gasteiger partial charge is 0.189 e. The molecule has 0 N–H and O–H groups in total. The minimum atomic E-state index is -0.352. The number of hydrogen-bond acceptors (Lipinski definition) is 1. The van der Waals surface area contributed by atoms with Gasteiger partial charge in [0.15, 0.2) is 5.43 Å². The zero-order valence-electron chi connectivity index (χ0n) is 8.13. The highest BCUT2D eigenvalue weighted by Crippen LogP contribution is 2.21. The number of halogens is 2. The van der Waals surface area contributed by atoms with E-state index in [4.69, 9.17) is 0 Å². The standard InChI is InChI=1S/C11H9BrFNO/c1-2-14-4-3-11(15)7-5-8(12)9(13)6-10(7)14/h3-6H,2H2,1H3. The van der Waals surface area contributed by atoms with E-state index in [0.29, 0.717) is 21.9 Å². The molecule has 0 aliphatic heterocycles. The highest BCUT2D eigenvalue weighted by Gasteiger charge is 2.06. The first-order valence-electron chi connectivity index (χ1n) is 4.61. The molecule has 0 bridgehead atoms. The molecule has 1 aromatic carbocycles. The maximum atomic E-state index is 13.3. The van der Waals surface area contributed by atoms with E-state index >= 15 is 0 Å². The number of nitrogens with zero attached hydrogens (tertiary/aromatic N) is 1. The third-order valence-corrected chi connectivity index (χ3v) is 2.97. The second kappa shape index (κ2) is 3.77. The van der Waals surface area contributed by atoms with Crippen molar-refractivity contribution in [3.05, 3.63) is 44.9 Å². The summed E-state index contributed by atoms with van der Waals surface area (Å²) in [5, 5.41) is 0.535. The molecule has 0 aliphatic carbocycles. The quantitative estimate of drug-likeness (QED) is 0.780. The lowest BCUT2D eigenvalue weighted by atomic mass is 10.2. The molecule has 0 fully saturated rings. The number of aromatic nitrogens is 1. The number of hydrogen-bond donors (Lipinski definition) is 0. The van der Waals surface area contributed by atoms with Crippen molar-refractivity contribution in [1.82, 2.24) is 4.57 Å². The Bertz CT molecular complexity index is 577. The van der Waals surface area contributed by atoms with Crippen LogP contribution >= 0.6 is 15.9 Å². The molecule has 0 saturated carbocycles. The lowest BCUT2D eigenvalue weighted by molar-refractivity contribution is 0.621. The zero-order valence-corrected chi connectivity index (χ0v) is 9.71. The number of rotatable bonds is 1. The Labute approximate surface area is 94.5 Å². The van der Waals surface area contributed by atoms with Crippen LogP contribution in [0.4, 0.5) is 4.39 Å². The third-order valence-electron chi connectivity index (χ3n) is 2.36. The summed E-state index contributed by atoms with van der Waals surface area (Å²) in [5.74, 6) is -0.352. The Hall–Kier alpha value is -1.16. The number of aryl methyl sites for hydroxylation is 1. The van der Waals surface area contributed by atoms with Crippen LogP contribution in [0, 0.1) is 5.82 Å². The summed E-state index contributed by atoms with van der Waals surface area (Å²) in [6.07, 6.45) is 1.68. The summed E-state index contributed by atoms with van der Waals surface area (Å²) in [5.41, 5.74) is 0.543. The van der Waals surface area contributed by atoms with Crippen LogP contribution in [0.15, 0.2) is 33.7 Å². The summed E-state index contributed by atoms with van der Waals surface area (Å²) in [7, 11) is 0. The van der Waals surface area contributed by atoms with Crippen LogP contribution in [0.5, 0.6) is 0 Å². The third kappa shape index (κ3) is 1.69. The fraction of sp³-hybridized carbons (Fsp3) is 0.182. The Kier molecular flexibility index (Phi) is 2.61. The van der Waals surface area contributed by atoms with E-state index in [-0.39, 0.29) is 11.2 Å². The van der Waals surface area contributed by atoms with Crippen LogP contribution in [-0.4, -0.2) is 4.57 Å². The van der Waals surface area contributed by atoms with Crippen LogP contribution in [-0.2, 0) is 6.54 Å². The van der Waals surface area contributed by atoms with Crippen LogP contribution in [0.1, 0.15) is 6.92 Å². The molecule has 2 rings (SSSR count). The maximum absolute atomic E-state index is 13.3. The van der Waals surface area contributed by atoms with E-state index in [9.17, 15) is 9.18 Å². The fourth-order valence-corrected chi connectivity index (χ4v) is 1.92. The zero-order chi connectivity index (χ0) is 11.0. The van der Waals surface area contributed by atoms with Gasteiger partial charge in [-0.1, -0.05) is 0 Å². The molecule has 0 aliphatic rings. The van der Waals surface area contributed by atoms with Gasteiger partial charge < -0.3 is 4.57 Å². The second-order valence-electron chi connectivity index (χ2n) is 3.25. The highest BCUT2D eigenvalue weighted by molar-refractivity contribution is 9.10. The van der Waals surface area contributed by atoms with Crippen molar-refractivity contribution in [3.63, 3.8) is 0 Å². The summed E-state index contributed by atoms with van der Waals surface area (Å²) in [6.45, 7) is 2.65. The van der Waals surface area contributed by atoms with Gasteiger partial charge in [0.1, 0.15) is 5.82 Å². The van der Waals surface area contributed by atoms with E-state index in [1.807, 2.05) is 11.5 Å². The summed E-state index contributed by atoms with van der Waals surface area (Å²) in [6, 6.07) is 4.40. The molecule has 0 amide bonds. The minimum Gasteiger partial charge on any atom is -0.347 e. The summed E-state index contributed by atoms with van der Waals surface area (Å²) in [4.78, 5) is 11.6. The van der Waals surface area contributed by atoms with Gasteiger partial charge >= 0.3 is 0 Å². The molecular weight excluding hydrogens is 261 g/mol. The minimum absolute atomic E-state index is 0.0876. The van der Waals surface area contributed by atoms with Crippen molar-refractivity contribution in [3.8, 4) is 0 Å². The van der Waals surface area contributed by atoms with Gasteiger partial charge in [-0.3, -0.25) is 4.79 Å². The Balaban J connectivity index is 2.95. The Morgan fingerprint density at radius 3 is 2.87 bits per heavy atom. The van der Waals surface area contributed by atoms with Gasteiger partial charge in [-0.25, -0.2) is 4.39 Å². The first-order chi connectivity index (χ1) is 7.13. The van der Waals surface area contributed by atoms with Crippen molar-refractivity contribution >= 4 is 26.8 Å². The molecule has 0 radical (unpaired) electrons. The molecule has 2 aromatic rings. The second-order valence-corrected chi connectivity index (χ2v) is 4.10. The van der Waals surface area contributed by atoms with Crippen LogP contribution in [0.3, 0.4) is 0 Å². The molecule has 1 aromatic heterocycles. The van der Waals surface area contributed by atoms with Gasteiger partial charge in [0.05, 0.1) is 9.99 Å². The van der Waals surface area contributed by atoms with E-state index in [2.05, 4.69) is 15.9 Å². The average Bonchev–Trinajstić information content (AvgIpc) is 2.22. The molecule has 2 nitrogen and oxygen atoms in total. The van der Waals surface area contributed by atoms with Crippen molar-refractivity contribution in [2.24, 2.45) is 0 Å². The molecule has 0 saturated heterocycles. The lowest BCUT2D eigenvalue weighted by Crippen LogP contribution is -2.07. The van der Waals surface area contributed by atoms with Gasteiger partial charge in [-0.15, -0.1) is 0 Å². The number of pyridine rings is 1. The fourth-order valence-electron chi connectivity index (χ4n) is 1.57. The number of benzene rings is 1. The monoisotopic (exact) mass is 269 g/mol. The van der Waals surface area contributed by atoms with Crippen molar-refractivity contribution in [2.75, 3.05) is 0 Å². The van der Waals surface area contributed by atoms with Gasteiger partial charge in [-0.2, -0.15) is 0 Å². The summed E-state index contributed by atoms with van der Waals surface area (Å²) < 4.78 is 15.5. The van der Waals surface area contributed by atoms with Crippen LogP contribution < -0.4 is 5.43 Å². The van der Waals surface area contributed by atoms with E-state index < -0.39 is 0 Å². The van der Waals surface area contributed by atoms with Gasteiger partial charge in [0, 0.05) is 24.2 Å². The normalized spacial score (nSPS) is 10.9. The van der Waals surface area contributed by atoms with Gasteiger partial charge in [0.25, 0.3) is 0 Å². The molecule has 0 unspecified atom stereocenters. The number of fused-ring (bicyclic) bond motifs is 1. The first-order valence-corrected chi connectivity index (χ1v) is 5.41. The molecule has 1 heterocycles. The molecular formula is C11H9BrFNO.